The molecule has 0 aliphatic heterocycles. The van der Waals surface area contributed by atoms with Gasteiger partial charge in [0.05, 0.1) is 24.7 Å². The number of carbonyl (C=O) groups is 1. The van der Waals surface area contributed by atoms with Crippen LogP contribution >= 0.6 is 0 Å². The van der Waals surface area contributed by atoms with Crippen molar-refractivity contribution in [3.63, 3.8) is 0 Å². The van der Waals surface area contributed by atoms with E-state index >= 15 is 0 Å². The number of nitrogens with zero attached hydrogens (tertiary/aromatic N) is 2. The van der Waals surface area contributed by atoms with Gasteiger partial charge >= 0.3 is 0 Å². The fourth-order valence-electron chi connectivity index (χ4n) is 1.68. The van der Waals surface area contributed by atoms with Gasteiger partial charge in [-0.2, -0.15) is 5.26 Å². The Hall–Kier alpha value is -1.93. The number of carbonyl (C=O) groups excluding carboxylic acids is 1. The van der Waals surface area contributed by atoms with E-state index in [1.165, 1.54) is 18.1 Å². The molecule has 19 heavy (non-hydrogen) atoms. The van der Waals surface area contributed by atoms with Crippen molar-refractivity contribution in [2.24, 2.45) is 0 Å². The first-order chi connectivity index (χ1) is 9.11. The van der Waals surface area contributed by atoms with Gasteiger partial charge in [0.1, 0.15) is 5.82 Å². The second-order valence-electron chi connectivity index (χ2n) is 4.13. The molecule has 0 radical (unpaired) electrons. The highest BCUT2D eigenvalue weighted by molar-refractivity contribution is 5.94. The number of hydrogen-bond donors (Lipinski definition) is 0. The minimum Gasteiger partial charge on any atom is -0.383 e. The van der Waals surface area contributed by atoms with E-state index in [4.69, 9.17) is 10.00 Å². The Balaban J connectivity index is 2.91. The van der Waals surface area contributed by atoms with Crippen molar-refractivity contribution in [3.8, 4) is 6.07 Å². The van der Waals surface area contributed by atoms with Crippen molar-refractivity contribution < 1.29 is 13.9 Å². The predicted molar refractivity (Wildman–Crippen MR) is 69.1 cm³/mol. The molecule has 102 valence electrons. The highest BCUT2D eigenvalue weighted by Gasteiger charge is 2.19. The molecule has 0 aromatic heterocycles. The van der Waals surface area contributed by atoms with Crippen molar-refractivity contribution in [3.05, 3.63) is 35.1 Å². The molecule has 0 saturated heterocycles. The second-order valence-corrected chi connectivity index (χ2v) is 4.13. The number of ether oxygens (including phenoxy) is 1. The lowest BCUT2D eigenvalue weighted by molar-refractivity contribution is 0.0695. The number of nitriles is 1. The van der Waals surface area contributed by atoms with Gasteiger partial charge in [0.25, 0.3) is 5.91 Å². The normalized spacial score (nSPS) is 10.0. The SMILES string of the molecule is COCCN(CCC#N)C(=O)c1cccc(C)c1F. The third-order valence-electron chi connectivity index (χ3n) is 2.77. The van der Waals surface area contributed by atoms with Crippen molar-refractivity contribution in [2.75, 3.05) is 26.8 Å². The third-order valence-corrected chi connectivity index (χ3v) is 2.77. The number of aryl methyl sites for hydroxylation is 1. The largest absolute Gasteiger partial charge is 0.383 e. The lowest BCUT2D eigenvalue weighted by Gasteiger charge is -2.21. The van der Waals surface area contributed by atoms with Crippen LogP contribution in [-0.2, 0) is 4.74 Å². The lowest BCUT2D eigenvalue weighted by atomic mass is 10.1. The van der Waals surface area contributed by atoms with Gasteiger partial charge in [-0.25, -0.2) is 4.39 Å². The van der Waals surface area contributed by atoms with Gasteiger partial charge in [-0.1, -0.05) is 12.1 Å². The van der Waals surface area contributed by atoms with Crippen LogP contribution in [-0.4, -0.2) is 37.6 Å². The molecule has 0 aliphatic rings. The topological polar surface area (TPSA) is 53.3 Å². The van der Waals surface area contributed by atoms with E-state index in [0.717, 1.165) is 0 Å². The molecule has 0 fully saturated rings. The number of benzene rings is 1. The Morgan fingerprint density at radius 2 is 2.21 bits per heavy atom. The van der Waals surface area contributed by atoms with Gasteiger partial charge in [0.15, 0.2) is 0 Å². The van der Waals surface area contributed by atoms with E-state index in [1.807, 2.05) is 6.07 Å². The highest BCUT2D eigenvalue weighted by atomic mass is 19.1. The monoisotopic (exact) mass is 264 g/mol. The van der Waals surface area contributed by atoms with Crippen LogP contribution in [0.3, 0.4) is 0 Å². The lowest BCUT2D eigenvalue weighted by Crippen LogP contribution is -2.35. The molecule has 0 aliphatic carbocycles. The fraction of sp³-hybridized carbons (Fsp3) is 0.429. The molecule has 5 heteroatoms. The zero-order valence-electron chi connectivity index (χ0n) is 11.1. The van der Waals surface area contributed by atoms with Crippen LogP contribution in [0.4, 0.5) is 4.39 Å². The summed E-state index contributed by atoms with van der Waals surface area (Å²) in [6, 6.07) is 6.69. The zero-order valence-corrected chi connectivity index (χ0v) is 11.1. The standard InChI is InChI=1S/C14H17FN2O2/c1-11-5-3-6-12(13(11)15)14(18)17(8-4-7-16)9-10-19-2/h3,5-6H,4,8-10H2,1-2H3. The summed E-state index contributed by atoms with van der Waals surface area (Å²) < 4.78 is 18.8. The number of rotatable bonds is 6. The van der Waals surface area contributed by atoms with Crippen LogP contribution < -0.4 is 0 Å². The second kappa shape index (κ2) is 7.49. The molecule has 1 amide bonds. The molecule has 0 bridgehead atoms. The van der Waals surface area contributed by atoms with E-state index < -0.39 is 11.7 Å². The molecule has 0 N–H and O–H groups in total. The summed E-state index contributed by atoms with van der Waals surface area (Å²) in [7, 11) is 1.53. The van der Waals surface area contributed by atoms with Gasteiger partial charge in [-0.05, 0) is 18.6 Å². The van der Waals surface area contributed by atoms with Gasteiger partial charge in [0.2, 0.25) is 0 Å². The average molecular weight is 264 g/mol. The van der Waals surface area contributed by atoms with Crippen molar-refractivity contribution in [1.29, 1.82) is 5.26 Å². The summed E-state index contributed by atoms with van der Waals surface area (Å²) in [6.45, 7) is 2.57. The van der Waals surface area contributed by atoms with Crippen LogP contribution in [0.25, 0.3) is 0 Å². The maximum Gasteiger partial charge on any atom is 0.256 e. The van der Waals surface area contributed by atoms with Gasteiger partial charge in [0, 0.05) is 20.2 Å². The van der Waals surface area contributed by atoms with Gasteiger partial charge in [-0.3, -0.25) is 4.79 Å². The van der Waals surface area contributed by atoms with E-state index in [0.29, 0.717) is 18.7 Å². The van der Waals surface area contributed by atoms with Crippen LogP contribution in [0.1, 0.15) is 22.3 Å². The average Bonchev–Trinajstić information content (AvgIpc) is 2.41. The third kappa shape index (κ3) is 4.04. The molecule has 4 nitrogen and oxygen atoms in total. The van der Waals surface area contributed by atoms with Crippen LogP contribution in [0.2, 0.25) is 0 Å². The van der Waals surface area contributed by atoms with E-state index in [9.17, 15) is 9.18 Å². The summed E-state index contributed by atoms with van der Waals surface area (Å²) in [5.74, 6) is -0.916. The molecule has 0 atom stereocenters. The fourth-order valence-corrected chi connectivity index (χ4v) is 1.68. The Labute approximate surface area is 112 Å². The van der Waals surface area contributed by atoms with Crippen LogP contribution in [0, 0.1) is 24.1 Å². The number of methoxy groups -OCH3 is 1. The minimum atomic E-state index is -0.508. The Kier molecular flexibility index (Phi) is 5.97. The summed E-state index contributed by atoms with van der Waals surface area (Å²) >= 11 is 0. The molecular formula is C14H17FN2O2. The molecule has 1 aromatic rings. The molecule has 0 saturated carbocycles. The summed E-state index contributed by atoms with van der Waals surface area (Å²) in [5.41, 5.74) is 0.465. The van der Waals surface area contributed by atoms with Gasteiger partial charge < -0.3 is 9.64 Å². The molecule has 1 rings (SSSR count). The molecule has 0 spiro atoms. The molecule has 0 unspecified atom stereocenters. The zero-order chi connectivity index (χ0) is 14.3. The number of hydrogen-bond acceptors (Lipinski definition) is 3. The van der Waals surface area contributed by atoms with Crippen molar-refractivity contribution >= 4 is 5.91 Å². The van der Waals surface area contributed by atoms with Crippen LogP contribution in [0.15, 0.2) is 18.2 Å². The maximum absolute atomic E-state index is 13.9. The van der Waals surface area contributed by atoms with Crippen molar-refractivity contribution in [2.45, 2.75) is 13.3 Å². The highest BCUT2D eigenvalue weighted by Crippen LogP contribution is 2.14. The van der Waals surface area contributed by atoms with E-state index in [2.05, 4.69) is 0 Å². The molecule has 0 heterocycles. The van der Waals surface area contributed by atoms with Crippen molar-refractivity contribution in [1.82, 2.24) is 4.90 Å². The summed E-state index contributed by atoms with van der Waals surface area (Å²) in [6.07, 6.45) is 0.211. The molecular weight excluding hydrogens is 247 g/mol. The summed E-state index contributed by atoms with van der Waals surface area (Å²) in [5, 5.41) is 8.60. The quantitative estimate of drug-likeness (QED) is 0.791. The van der Waals surface area contributed by atoms with E-state index in [-0.39, 0.29) is 18.5 Å². The summed E-state index contributed by atoms with van der Waals surface area (Å²) in [4.78, 5) is 13.7. The molecule has 1 aromatic carbocycles. The number of amides is 1. The Bertz CT molecular complexity index is 483. The Morgan fingerprint density at radius 3 is 2.84 bits per heavy atom. The first-order valence-electron chi connectivity index (χ1n) is 6.02. The van der Waals surface area contributed by atoms with E-state index in [1.54, 1.807) is 19.1 Å². The smallest absolute Gasteiger partial charge is 0.256 e. The predicted octanol–water partition coefficient (Wildman–Crippen LogP) is 2.14. The van der Waals surface area contributed by atoms with Crippen LogP contribution in [0.5, 0.6) is 0 Å². The maximum atomic E-state index is 13.9. The number of halogens is 1. The first-order valence-corrected chi connectivity index (χ1v) is 6.02. The van der Waals surface area contributed by atoms with Gasteiger partial charge in [-0.15, -0.1) is 0 Å². The minimum absolute atomic E-state index is 0.0362. The Morgan fingerprint density at radius 1 is 1.47 bits per heavy atom. The first kappa shape index (κ1) is 15.1.